The van der Waals surface area contributed by atoms with Crippen LogP contribution in [-0.4, -0.2) is 35.7 Å². The second-order valence-electron chi connectivity index (χ2n) is 6.29. The predicted molar refractivity (Wildman–Crippen MR) is 88.2 cm³/mol. The summed E-state index contributed by atoms with van der Waals surface area (Å²) in [5.41, 5.74) is -0.274. The number of carbonyl (C=O) groups excluding carboxylic acids is 1. The van der Waals surface area contributed by atoms with Crippen molar-refractivity contribution in [1.29, 1.82) is 0 Å². The molecule has 2 aliphatic rings. The van der Waals surface area contributed by atoms with E-state index in [1.807, 2.05) is 0 Å². The number of halogens is 2. The SMILES string of the molecule is CCOP(=O)(OCC)C1C[C@@H]2CC[C@H](c3ccc(F)c(F)c3)N2C1=O. The molecular weight excluding hydrogens is 351 g/mol. The Hall–Kier alpha value is -1.30. The van der Waals surface area contributed by atoms with E-state index < -0.39 is 24.9 Å². The van der Waals surface area contributed by atoms with Crippen LogP contribution in [0.2, 0.25) is 0 Å². The minimum absolute atomic E-state index is 0.0788. The van der Waals surface area contributed by atoms with Gasteiger partial charge in [-0.2, -0.15) is 0 Å². The van der Waals surface area contributed by atoms with Crippen LogP contribution in [0.25, 0.3) is 0 Å². The number of rotatable bonds is 6. The van der Waals surface area contributed by atoms with Crippen LogP contribution in [0, 0.1) is 11.6 Å². The zero-order valence-electron chi connectivity index (χ0n) is 14.3. The first-order valence-corrected chi connectivity index (χ1v) is 10.2. The Morgan fingerprint density at radius 1 is 1.16 bits per heavy atom. The Morgan fingerprint density at radius 2 is 1.84 bits per heavy atom. The van der Waals surface area contributed by atoms with Crippen molar-refractivity contribution in [2.75, 3.05) is 13.2 Å². The van der Waals surface area contributed by atoms with Gasteiger partial charge in [0.1, 0.15) is 5.66 Å². The number of fused-ring (bicyclic) bond motifs is 1. The Morgan fingerprint density at radius 3 is 2.44 bits per heavy atom. The fourth-order valence-corrected chi connectivity index (χ4v) is 5.93. The van der Waals surface area contributed by atoms with E-state index >= 15 is 0 Å². The summed E-state index contributed by atoms with van der Waals surface area (Å²) in [4.78, 5) is 14.6. The molecule has 25 heavy (non-hydrogen) atoms. The molecule has 8 heteroatoms. The van der Waals surface area contributed by atoms with Crippen molar-refractivity contribution in [1.82, 2.24) is 4.90 Å². The zero-order chi connectivity index (χ0) is 18.2. The zero-order valence-corrected chi connectivity index (χ0v) is 15.2. The molecule has 1 unspecified atom stereocenters. The van der Waals surface area contributed by atoms with Gasteiger partial charge in [-0.05, 0) is 50.8 Å². The summed E-state index contributed by atoms with van der Waals surface area (Å²) in [5.74, 6) is -2.14. The molecule has 0 bridgehead atoms. The second kappa shape index (κ2) is 7.14. The lowest BCUT2D eigenvalue weighted by Gasteiger charge is -2.26. The van der Waals surface area contributed by atoms with Crippen molar-refractivity contribution in [3.63, 3.8) is 0 Å². The molecule has 5 nitrogen and oxygen atoms in total. The van der Waals surface area contributed by atoms with Crippen LogP contribution < -0.4 is 0 Å². The van der Waals surface area contributed by atoms with E-state index in [9.17, 15) is 18.1 Å². The van der Waals surface area contributed by atoms with Crippen molar-refractivity contribution in [2.45, 2.75) is 50.9 Å². The van der Waals surface area contributed by atoms with Gasteiger partial charge < -0.3 is 13.9 Å². The minimum Gasteiger partial charge on any atom is -0.332 e. The first-order chi connectivity index (χ1) is 11.9. The van der Waals surface area contributed by atoms with Crippen molar-refractivity contribution in [2.24, 2.45) is 0 Å². The van der Waals surface area contributed by atoms with Gasteiger partial charge in [0.05, 0.1) is 19.3 Å². The third-order valence-electron chi connectivity index (χ3n) is 4.87. The van der Waals surface area contributed by atoms with E-state index in [-0.39, 0.29) is 31.2 Å². The van der Waals surface area contributed by atoms with Crippen LogP contribution in [0.3, 0.4) is 0 Å². The molecule has 0 aromatic heterocycles. The first-order valence-electron chi connectivity index (χ1n) is 8.57. The predicted octanol–water partition coefficient (Wildman–Crippen LogP) is 4.04. The highest BCUT2D eigenvalue weighted by molar-refractivity contribution is 7.55. The van der Waals surface area contributed by atoms with E-state index in [2.05, 4.69) is 0 Å². The molecule has 1 amide bonds. The molecular formula is C17H22F2NO4P. The molecule has 2 aliphatic heterocycles. The molecule has 2 fully saturated rings. The van der Waals surface area contributed by atoms with Crippen molar-refractivity contribution < 1.29 is 27.2 Å². The highest BCUT2D eigenvalue weighted by atomic mass is 31.2. The minimum atomic E-state index is -3.54. The quantitative estimate of drug-likeness (QED) is 0.707. The third kappa shape index (κ3) is 3.25. The molecule has 2 saturated heterocycles. The van der Waals surface area contributed by atoms with Crippen molar-refractivity contribution in [3.05, 3.63) is 35.4 Å². The molecule has 0 spiro atoms. The molecule has 3 rings (SSSR count). The maximum absolute atomic E-state index is 13.6. The maximum atomic E-state index is 13.6. The number of benzene rings is 1. The second-order valence-corrected chi connectivity index (χ2v) is 8.51. The number of amides is 1. The summed E-state index contributed by atoms with van der Waals surface area (Å²) in [6, 6.07) is 3.28. The van der Waals surface area contributed by atoms with Crippen LogP contribution in [0.1, 0.15) is 44.7 Å². The summed E-state index contributed by atoms with van der Waals surface area (Å²) in [5, 5.41) is 0. The molecule has 2 heterocycles. The highest BCUT2D eigenvalue weighted by Gasteiger charge is 2.55. The Kier molecular flexibility index (Phi) is 5.28. The molecule has 0 N–H and O–H groups in total. The highest BCUT2D eigenvalue weighted by Crippen LogP contribution is 2.59. The lowest BCUT2D eigenvalue weighted by Crippen LogP contribution is -2.33. The van der Waals surface area contributed by atoms with Crippen LogP contribution in [0.4, 0.5) is 8.78 Å². The van der Waals surface area contributed by atoms with Gasteiger partial charge in [-0.3, -0.25) is 9.36 Å². The topological polar surface area (TPSA) is 55.8 Å². The number of nitrogens with zero attached hydrogens (tertiary/aromatic N) is 1. The van der Waals surface area contributed by atoms with Crippen LogP contribution >= 0.6 is 7.60 Å². The Bertz CT molecular complexity index is 704. The number of hydrogen-bond acceptors (Lipinski definition) is 4. The van der Waals surface area contributed by atoms with Gasteiger partial charge in [-0.15, -0.1) is 0 Å². The molecule has 1 aromatic rings. The third-order valence-corrected chi connectivity index (χ3v) is 7.30. The molecule has 0 radical (unpaired) electrons. The van der Waals surface area contributed by atoms with Gasteiger partial charge in [0, 0.05) is 6.04 Å². The van der Waals surface area contributed by atoms with Gasteiger partial charge in [-0.25, -0.2) is 8.78 Å². The largest absolute Gasteiger partial charge is 0.343 e. The summed E-state index contributed by atoms with van der Waals surface area (Å²) >= 11 is 0. The van der Waals surface area contributed by atoms with Crippen LogP contribution in [0.5, 0.6) is 0 Å². The van der Waals surface area contributed by atoms with Gasteiger partial charge in [-0.1, -0.05) is 6.07 Å². The van der Waals surface area contributed by atoms with Gasteiger partial charge >= 0.3 is 7.60 Å². The van der Waals surface area contributed by atoms with Crippen molar-refractivity contribution in [3.8, 4) is 0 Å². The molecule has 1 aromatic carbocycles. The summed E-state index contributed by atoms with van der Waals surface area (Å²) < 4.78 is 50.5. The van der Waals surface area contributed by atoms with Gasteiger partial charge in [0.15, 0.2) is 11.6 Å². The van der Waals surface area contributed by atoms with Gasteiger partial charge in [0.25, 0.3) is 0 Å². The fraction of sp³-hybridized carbons (Fsp3) is 0.588. The maximum Gasteiger partial charge on any atom is 0.343 e. The smallest absolute Gasteiger partial charge is 0.332 e. The summed E-state index contributed by atoms with van der Waals surface area (Å²) in [6.45, 7) is 3.79. The Balaban J connectivity index is 1.87. The van der Waals surface area contributed by atoms with Crippen LogP contribution in [0.15, 0.2) is 18.2 Å². The van der Waals surface area contributed by atoms with E-state index in [1.54, 1.807) is 18.7 Å². The van der Waals surface area contributed by atoms with E-state index in [4.69, 9.17) is 9.05 Å². The monoisotopic (exact) mass is 373 g/mol. The van der Waals surface area contributed by atoms with E-state index in [1.165, 1.54) is 6.07 Å². The normalized spacial score (nSPS) is 26.3. The summed E-state index contributed by atoms with van der Waals surface area (Å²) in [6.07, 6.45) is 1.79. The molecule has 138 valence electrons. The van der Waals surface area contributed by atoms with E-state index in [0.717, 1.165) is 18.6 Å². The summed E-state index contributed by atoms with van der Waals surface area (Å²) in [7, 11) is -3.54. The van der Waals surface area contributed by atoms with Gasteiger partial charge in [0.2, 0.25) is 5.91 Å². The van der Waals surface area contributed by atoms with E-state index in [0.29, 0.717) is 18.4 Å². The number of hydrogen-bond donors (Lipinski definition) is 0. The molecule has 0 saturated carbocycles. The lowest BCUT2D eigenvalue weighted by atomic mass is 10.0. The average Bonchev–Trinajstić information content (AvgIpc) is 3.12. The Labute approximate surface area is 145 Å². The lowest BCUT2D eigenvalue weighted by molar-refractivity contribution is -0.129. The fourth-order valence-electron chi connectivity index (χ4n) is 3.87. The molecule has 0 aliphatic carbocycles. The standard InChI is InChI=1S/C17H22F2NO4P/c1-3-23-25(22,24-4-2)16-10-12-6-8-15(20(12)17(16)21)11-5-7-13(18)14(19)9-11/h5,7,9,12,15-16H,3-4,6,8,10H2,1-2H3/t12-,15+,16?/m0/s1. The van der Waals surface area contributed by atoms with Crippen molar-refractivity contribution >= 4 is 13.5 Å². The van der Waals surface area contributed by atoms with Crippen LogP contribution in [-0.2, 0) is 18.4 Å². The molecule has 3 atom stereocenters. The average molecular weight is 373 g/mol. The first kappa shape index (κ1) is 18.5. The number of carbonyl (C=O) groups is 1.